The third-order valence-corrected chi connectivity index (χ3v) is 4.85. The minimum absolute atomic E-state index is 0.0529. The van der Waals surface area contributed by atoms with E-state index in [0.29, 0.717) is 23.9 Å². The molecule has 2 heterocycles. The van der Waals surface area contributed by atoms with Crippen LogP contribution in [0, 0.1) is 0 Å². The zero-order valence-electron chi connectivity index (χ0n) is 15.2. The zero-order chi connectivity index (χ0) is 18.4. The van der Waals surface area contributed by atoms with Crippen LogP contribution < -0.4 is 15.7 Å². The lowest BCUT2D eigenvalue weighted by atomic mass is 10.0. The summed E-state index contributed by atoms with van der Waals surface area (Å²) in [6.07, 6.45) is 4.81. The summed E-state index contributed by atoms with van der Waals surface area (Å²) in [7, 11) is 0. The molecule has 6 nitrogen and oxygen atoms in total. The smallest absolute Gasteiger partial charge is 0.336 e. The molecule has 1 aliphatic heterocycles. The molecule has 1 saturated heterocycles. The normalized spacial score (nSPS) is 18.0. The van der Waals surface area contributed by atoms with Gasteiger partial charge in [-0.2, -0.15) is 0 Å². The minimum Gasteiger partial charge on any atom is -0.484 e. The van der Waals surface area contributed by atoms with E-state index in [-0.39, 0.29) is 12.5 Å². The average Bonchev–Trinajstić information content (AvgIpc) is 2.64. The van der Waals surface area contributed by atoms with Gasteiger partial charge in [0.2, 0.25) is 0 Å². The van der Waals surface area contributed by atoms with Crippen molar-refractivity contribution < 1.29 is 13.9 Å². The summed E-state index contributed by atoms with van der Waals surface area (Å²) in [5, 5.41) is 3.70. The van der Waals surface area contributed by atoms with E-state index in [2.05, 4.69) is 17.1 Å². The highest BCUT2D eigenvalue weighted by molar-refractivity contribution is 5.79. The Hall–Kier alpha value is -2.34. The number of rotatable bonds is 7. The van der Waals surface area contributed by atoms with Crippen molar-refractivity contribution in [2.24, 2.45) is 0 Å². The van der Waals surface area contributed by atoms with E-state index in [9.17, 15) is 9.59 Å². The molecule has 1 atom stereocenters. The maximum Gasteiger partial charge on any atom is 0.336 e. The van der Waals surface area contributed by atoms with Crippen molar-refractivity contribution in [3.63, 3.8) is 0 Å². The van der Waals surface area contributed by atoms with Gasteiger partial charge in [0.05, 0.1) is 0 Å². The van der Waals surface area contributed by atoms with Crippen LogP contribution in [0.15, 0.2) is 39.5 Å². The molecule has 0 saturated carbocycles. The van der Waals surface area contributed by atoms with Gasteiger partial charge in [-0.05, 0) is 50.9 Å². The predicted molar refractivity (Wildman–Crippen MR) is 100 cm³/mol. The van der Waals surface area contributed by atoms with Crippen LogP contribution in [0.2, 0.25) is 0 Å². The monoisotopic (exact) mass is 358 g/mol. The van der Waals surface area contributed by atoms with Crippen molar-refractivity contribution in [3.05, 3.63) is 40.8 Å². The largest absolute Gasteiger partial charge is 0.484 e. The Balaban J connectivity index is 1.39. The Labute approximate surface area is 153 Å². The summed E-state index contributed by atoms with van der Waals surface area (Å²) in [6.45, 7) is 5.06. The highest BCUT2D eigenvalue weighted by Crippen LogP contribution is 2.19. The van der Waals surface area contributed by atoms with Crippen molar-refractivity contribution in [3.8, 4) is 5.75 Å². The molecule has 1 aromatic carbocycles. The summed E-state index contributed by atoms with van der Waals surface area (Å²) in [6, 6.07) is 8.90. The Morgan fingerprint density at radius 1 is 1.31 bits per heavy atom. The minimum atomic E-state index is -0.407. The van der Waals surface area contributed by atoms with E-state index in [1.807, 2.05) is 0 Å². The summed E-state index contributed by atoms with van der Waals surface area (Å²) < 4.78 is 10.6. The van der Waals surface area contributed by atoms with Gasteiger partial charge in [-0.3, -0.25) is 4.79 Å². The number of likely N-dealkylation sites (tertiary alicyclic amines) is 1. The molecule has 26 heavy (non-hydrogen) atoms. The van der Waals surface area contributed by atoms with Crippen molar-refractivity contribution in [2.45, 2.75) is 38.6 Å². The first kappa shape index (κ1) is 18.5. The van der Waals surface area contributed by atoms with Gasteiger partial charge in [0.15, 0.2) is 6.61 Å². The molecule has 0 spiro atoms. The van der Waals surface area contributed by atoms with E-state index in [1.54, 1.807) is 24.3 Å². The number of nitrogens with zero attached hydrogens (tertiary/aromatic N) is 1. The SMILES string of the molecule is CC1CCCCN1CCCNC(=O)COc1ccc2ccc(=O)oc2c1. The standard InChI is InChI=1S/C20H26N2O4/c1-15-5-2-3-11-22(15)12-4-10-21-19(23)14-25-17-8-6-16-7-9-20(24)26-18(16)13-17/h6-9,13,15H,2-5,10-12,14H2,1H3,(H,21,23). The second kappa shape index (κ2) is 8.85. The van der Waals surface area contributed by atoms with Gasteiger partial charge in [-0.25, -0.2) is 4.79 Å². The highest BCUT2D eigenvalue weighted by atomic mass is 16.5. The highest BCUT2D eigenvalue weighted by Gasteiger charge is 2.17. The van der Waals surface area contributed by atoms with Crippen LogP contribution in [-0.2, 0) is 4.79 Å². The van der Waals surface area contributed by atoms with E-state index >= 15 is 0 Å². The molecule has 0 aliphatic carbocycles. The fraction of sp³-hybridized carbons (Fsp3) is 0.500. The molecule has 3 rings (SSSR count). The number of amides is 1. The maximum atomic E-state index is 11.9. The molecular formula is C20H26N2O4. The molecular weight excluding hydrogens is 332 g/mol. The first-order valence-electron chi connectivity index (χ1n) is 9.29. The molecule has 1 fully saturated rings. The van der Waals surface area contributed by atoms with Crippen LogP contribution in [-0.4, -0.2) is 43.1 Å². The number of hydrogen-bond donors (Lipinski definition) is 1. The van der Waals surface area contributed by atoms with Crippen LogP contribution in [0.1, 0.15) is 32.6 Å². The third-order valence-electron chi connectivity index (χ3n) is 4.85. The number of benzene rings is 1. The lowest BCUT2D eigenvalue weighted by Crippen LogP contribution is -2.39. The van der Waals surface area contributed by atoms with E-state index in [0.717, 1.165) is 24.9 Å². The molecule has 1 aromatic heterocycles. The van der Waals surface area contributed by atoms with Crippen molar-refractivity contribution in [1.82, 2.24) is 10.2 Å². The Morgan fingerprint density at radius 3 is 3.00 bits per heavy atom. The maximum absolute atomic E-state index is 11.9. The molecule has 6 heteroatoms. The molecule has 1 aliphatic rings. The summed E-state index contributed by atoms with van der Waals surface area (Å²) in [5.74, 6) is 0.357. The van der Waals surface area contributed by atoms with Gasteiger partial charge in [0, 0.05) is 36.7 Å². The van der Waals surface area contributed by atoms with E-state index < -0.39 is 5.63 Å². The zero-order valence-corrected chi connectivity index (χ0v) is 15.2. The number of piperidine rings is 1. The molecule has 1 amide bonds. The fourth-order valence-electron chi connectivity index (χ4n) is 3.33. The lowest BCUT2D eigenvalue weighted by Gasteiger charge is -2.33. The number of hydrogen-bond acceptors (Lipinski definition) is 5. The van der Waals surface area contributed by atoms with Gasteiger partial charge in [0.25, 0.3) is 5.91 Å². The summed E-state index contributed by atoms with van der Waals surface area (Å²) in [5.41, 5.74) is 0.0430. The Kier molecular flexibility index (Phi) is 6.28. The predicted octanol–water partition coefficient (Wildman–Crippen LogP) is 2.55. The molecule has 0 radical (unpaired) electrons. The lowest BCUT2D eigenvalue weighted by molar-refractivity contribution is -0.123. The second-order valence-electron chi connectivity index (χ2n) is 6.83. The number of ether oxygens (including phenoxy) is 1. The average molecular weight is 358 g/mol. The quantitative estimate of drug-likeness (QED) is 0.608. The van der Waals surface area contributed by atoms with Gasteiger partial charge in [-0.1, -0.05) is 6.42 Å². The molecule has 1 unspecified atom stereocenters. The van der Waals surface area contributed by atoms with Crippen LogP contribution in [0.4, 0.5) is 0 Å². The van der Waals surface area contributed by atoms with Crippen molar-refractivity contribution in [1.29, 1.82) is 0 Å². The summed E-state index contributed by atoms with van der Waals surface area (Å²) in [4.78, 5) is 25.7. The van der Waals surface area contributed by atoms with Crippen LogP contribution in [0.25, 0.3) is 11.0 Å². The van der Waals surface area contributed by atoms with Crippen LogP contribution in [0.5, 0.6) is 5.75 Å². The fourth-order valence-corrected chi connectivity index (χ4v) is 3.33. The van der Waals surface area contributed by atoms with Crippen molar-refractivity contribution >= 4 is 16.9 Å². The first-order chi connectivity index (χ1) is 12.6. The number of fused-ring (bicyclic) bond motifs is 1. The van der Waals surface area contributed by atoms with Gasteiger partial charge < -0.3 is 19.4 Å². The van der Waals surface area contributed by atoms with Crippen molar-refractivity contribution in [2.75, 3.05) is 26.2 Å². The topological polar surface area (TPSA) is 71.8 Å². The van der Waals surface area contributed by atoms with E-state index in [4.69, 9.17) is 9.15 Å². The number of carbonyl (C=O) groups excluding carboxylic acids is 1. The second-order valence-corrected chi connectivity index (χ2v) is 6.83. The van der Waals surface area contributed by atoms with E-state index in [1.165, 1.54) is 25.3 Å². The third kappa shape index (κ3) is 5.08. The van der Waals surface area contributed by atoms with Gasteiger partial charge in [0.1, 0.15) is 11.3 Å². The molecule has 140 valence electrons. The number of carbonyl (C=O) groups is 1. The molecule has 1 N–H and O–H groups in total. The Morgan fingerprint density at radius 2 is 2.15 bits per heavy atom. The van der Waals surface area contributed by atoms with Gasteiger partial charge in [-0.15, -0.1) is 0 Å². The molecule has 2 aromatic rings. The van der Waals surface area contributed by atoms with Crippen LogP contribution >= 0.6 is 0 Å². The Bertz CT molecular complexity index is 802. The molecule has 0 bridgehead atoms. The first-order valence-corrected chi connectivity index (χ1v) is 9.29. The summed E-state index contributed by atoms with van der Waals surface area (Å²) >= 11 is 0. The van der Waals surface area contributed by atoms with Crippen LogP contribution in [0.3, 0.4) is 0 Å². The number of nitrogens with one attached hydrogen (secondary N) is 1. The van der Waals surface area contributed by atoms with Gasteiger partial charge >= 0.3 is 5.63 Å².